The molecule has 2 rings (SSSR count). The Balaban J connectivity index is 2.03. The Labute approximate surface area is 118 Å². The average molecular weight is 260 g/mol. The van der Waals surface area contributed by atoms with E-state index in [9.17, 15) is 0 Å². The number of hydrogen-bond acceptors (Lipinski definition) is 2. The fourth-order valence-corrected chi connectivity index (χ4v) is 3.12. The largest absolute Gasteiger partial charge is 0.328 e. The minimum absolute atomic E-state index is 0.431. The van der Waals surface area contributed by atoms with Gasteiger partial charge in [0.25, 0.3) is 0 Å². The van der Waals surface area contributed by atoms with Crippen LogP contribution in [-0.4, -0.2) is 30.6 Å². The second-order valence-corrected chi connectivity index (χ2v) is 6.17. The number of rotatable bonds is 3. The van der Waals surface area contributed by atoms with Gasteiger partial charge in [0.05, 0.1) is 0 Å². The molecule has 0 bridgehead atoms. The first-order valence-electron chi connectivity index (χ1n) is 7.53. The first-order chi connectivity index (χ1) is 8.99. The van der Waals surface area contributed by atoms with E-state index in [0.717, 1.165) is 12.8 Å². The van der Waals surface area contributed by atoms with Gasteiger partial charge in [-0.2, -0.15) is 0 Å². The average Bonchev–Trinajstić information content (AvgIpc) is 2.38. The third-order valence-corrected chi connectivity index (χ3v) is 4.83. The summed E-state index contributed by atoms with van der Waals surface area (Å²) in [6, 6.07) is 2.74. The summed E-state index contributed by atoms with van der Waals surface area (Å²) in [5, 5.41) is 0. The number of nitrogens with zero attached hydrogens (tertiary/aromatic N) is 1. The normalized spacial score (nSPS) is 17.9. The molecule has 0 unspecified atom stereocenters. The zero-order valence-electron chi connectivity index (χ0n) is 12.9. The molecule has 106 valence electrons. The van der Waals surface area contributed by atoms with Crippen molar-refractivity contribution in [2.75, 3.05) is 19.6 Å². The van der Waals surface area contributed by atoms with Crippen molar-refractivity contribution in [1.29, 1.82) is 0 Å². The summed E-state index contributed by atoms with van der Waals surface area (Å²) in [6.45, 7) is 12.5. The van der Waals surface area contributed by atoms with Crippen LogP contribution in [0, 0.1) is 27.7 Å². The lowest BCUT2D eigenvalue weighted by atomic mass is 9.92. The molecule has 0 saturated carbocycles. The smallest absolute Gasteiger partial charge is 0.00631 e. The summed E-state index contributed by atoms with van der Waals surface area (Å²) in [6.07, 6.45) is 3.49. The van der Waals surface area contributed by atoms with Gasteiger partial charge < -0.3 is 10.6 Å². The van der Waals surface area contributed by atoms with E-state index in [2.05, 4.69) is 38.7 Å². The summed E-state index contributed by atoms with van der Waals surface area (Å²) in [5.74, 6) is 0. The van der Waals surface area contributed by atoms with E-state index in [1.165, 1.54) is 48.3 Å². The summed E-state index contributed by atoms with van der Waals surface area (Å²) in [7, 11) is 0. The molecule has 2 nitrogen and oxygen atoms in total. The van der Waals surface area contributed by atoms with E-state index >= 15 is 0 Å². The summed E-state index contributed by atoms with van der Waals surface area (Å²) >= 11 is 0. The Kier molecular flexibility index (Phi) is 4.64. The number of piperidine rings is 1. The topological polar surface area (TPSA) is 29.3 Å². The summed E-state index contributed by atoms with van der Waals surface area (Å²) < 4.78 is 0. The van der Waals surface area contributed by atoms with Gasteiger partial charge in [-0.3, -0.25) is 0 Å². The Bertz CT molecular complexity index is 417. The minimum atomic E-state index is 0.431. The standard InChI is InChI=1S/C17H28N2/c1-12-11-13(2)15(4)17(14(12)3)7-10-19-8-5-16(18)6-9-19/h11,16H,5-10,18H2,1-4H3. The van der Waals surface area contributed by atoms with Gasteiger partial charge in [0.15, 0.2) is 0 Å². The van der Waals surface area contributed by atoms with Gasteiger partial charge >= 0.3 is 0 Å². The maximum Gasteiger partial charge on any atom is 0.00631 e. The van der Waals surface area contributed by atoms with Crippen molar-refractivity contribution in [3.8, 4) is 0 Å². The zero-order valence-corrected chi connectivity index (χ0v) is 12.9. The van der Waals surface area contributed by atoms with Gasteiger partial charge in [0.2, 0.25) is 0 Å². The number of hydrogen-bond donors (Lipinski definition) is 1. The van der Waals surface area contributed by atoms with Crippen molar-refractivity contribution < 1.29 is 0 Å². The number of aryl methyl sites for hydroxylation is 2. The SMILES string of the molecule is Cc1cc(C)c(C)c(CCN2CCC(N)CC2)c1C. The monoisotopic (exact) mass is 260 g/mol. The van der Waals surface area contributed by atoms with E-state index in [1.54, 1.807) is 5.56 Å². The first kappa shape index (κ1) is 14.5. The highest BCUT2D eigenvalue weighted by Crippen LogP contribution is 2.22. The molecule has 2 heteroatoms. The minimum Gasteiger partial charge on any atom is -0.328 e. The maximum absolute atomic E-state index is 5.97. The lowest BCUT2D eigenvalue weighted by Gasteiger charge is -2.30. The summed E-state index contributed by atoms with van der Waals surface area (Å²) in [4.78, 5) is 2.57. The van der Waals surface area contributed by atoms with Gasteiger partial charge in [-0.25, -0.2) is 0 Å². The van der Waals surface area contributed by atoms with Crippen LogP contribution in [-0.2, 0) is 6.42 Å². The predicted molar refractivity (Wildman–Crippen MR) is 82.7 cm³/mol. The number of likely N-dealkylation sites (tertiary alicyclic amines) is 1. The lowest BCUT2D eigenvalue weighted by molar-refractivity contribution is 0.215. The molecule has 1 heterocycles. The molecule has 1 aromatic carbocycles. The van der Waals surface area contributed by atoms with Gasteiger partial charge in [0.1, 0.15) is 0 Å². The molecule has 0 amide bonds. The molecular formula is C17H28N2. The van der Waals surface area contributed by atoms with Gasteiger partial charge in [0, 0.05) is 12.6 Å². The van der Waals surface area contributed by atoms with E-state index in [0.29, 0.717) is 6.04 Å². The highest BCUT2D eigenvalue weighted by Gasteiger charge is 2.16. The molecule has 1 fully saturated rings. The molecule has 1 aromatic rings. The second kappa shape index (κ2) is 6.06. The molecule has 19 heavy (non-hydrogen) atoms. The van der Waals surface area contributed by atoms with Gasteiger partial charge in [-0.05, 0) is 87.9 Å². The van der Waals surface area contributed by atoms with Crippen LogP contribution in [0.3, 0.4) is 0 Å². The Morgan fingerprint density at radius 2 is 1.58 bits per heavy atom. The van der Waals surface area contributed by atoms with Crippen LogP contribution in [0.15, 0.2) is 6.07 Å². The van der Waals surface area contributed by atoms with Gasteiger partial charge in [-0.15, -0.1) is 0 Å². The van der Waals surface area contributed by atoms with Crippen molar-refractivity contribution >= 4 is 0 Å². The molecule has 0 aromatic heterocycles. The fraction of sp³-hybridized carbons (Fsp3) is 0.647. The molecule has 1 saturated heterocycles. The van der Waals surface area contributed by atoms with E-state index in [1.807, 2.05) is 0 Å². The van der Waals surface area contributed by atoms with Crippen LogP contribution in [0.1, 0.15) is 40.7 Å². The fourth-order valence-electron chi connectivity index (χ4n) is 3.12. The van der Waals surface area contributed by atoms with Crippen molar-refractivity contribution in [3.63, 3.8) is 0 Å². The quantitative estimate of drug-likeness (QED) is 0.905. The highest BCUT2D eigenvalue weighted by atomic mass is 15.1. The number of nitrogens with two attached hydrogens (primary N) is 1. The van der Waals surface area contributed by atoms with Crippen LogP contribution < -0.4 is 5.73 Å². The zero-order chi connectivity index (χ0) is 14.0. The summed E-state index contributed by atoms with van der Waals surface area (Å²) in [5.41, 5.74) is 13.4. The molecule has 1 aliphatic heterocycles. The molecule has 1 aliphatic rings. The van der Waals surface area contributed by atoms with Crippen molar-refractivity contribution in [1.82, 2.24) is 4.90 Å². The Morgan fingerprint density at radius 3 is 2.11 bits per heavy atom. The van der Waals surface area contributed by atoms with Crippen LogP contribution in [0.25, 0.3) is 0 Å². The second-order valence-electron chi connectivity index (χ2n) is 6.17. The van der Waals surface area contributed by atoms with Crippen molar-refractivity contribution in [3.05, 3.63) is 33.9 Å². The third-order valence-electron chi connectivity index (χ3n) is 4.83. The van der Waals surface area contributed by atoms with Crippen LogP contribution in [0.4, 0.5) is 0 Å². The molecule has 0 radical (unpaired) electrons. The molecular weight excluding hydrogens is 232 g/mol. The third kappa shape index (κ3) is 3.37. The molecule has 0 atom stereocenters. The molecule has 2 N–H and O–H groups in total. The van der Waals surface area contributed by atoms with Crippen molar-refractivity contribution in [2.24, 2.45) is 5.73 Å². The predicted octanol–water partition coefficient (Wildman–Crippen LogP) is 2.89. The van der Waals surface area contributed by atoms with Crippen molar-refractivity contribution in [2.45, 2.75) is 53.0 Å². The number of benzene rings is 1. The Hall–Kier alpha value is -0.860. The van der Waals surface area contributed by atoms with E-state index < -0.39 is 0 Å². The molecule has 0 spiro atoms. The van der Waals surface area contributed by atoms with Crippen LogP contribution >= 0.6 is 0 Å². The van der Waals surface area contributed by atoms with Crippen LogP contribution in [0.5, 0.6) is 0 Å². The molecule has 0 aliphatic carbocycles. The van der Waals surface area contributed by atoms with E-state index in [4.69, 9.17) is 5.73 Å². The highest BCUT2D eigenvalue weighted by molar-refractivity contribution is 5.44. The van der Waals surface area contributed by atoms with Gasteiger partial charge in [-0.1, -0.05) is 6.07 Å². The first-order valence-corrected chi connectivity index (χ1v) is 7.53. The lowest BCUT2D eigenvalue weighted by Crippen LogP contribution is -2.40. The van der Waals surface area contributed by atoms with E-state index in [-0.39, 0.29) is 0 Å². The van der Waals surface area contributed by atoms with Crippen LogP contribution in [0.2, 0.25) is 0 Å². The maximum atomic E-state index is 5.97. The Morgan fingerprint density at radius 1 is 1.05 bits per heavy atom.